The molecule has 1 atom stereocenters. The lowest BCUT2D eigenvalue weighted by Gasteiger charge is -2.29. The number of nitro benzene ring substituents is 1. The van der Waals surface area contributed by atoms with Gasteiger partial charge in [0.2, 0.25) is 5.75 Å². The number of ether oxygens (including phenoxy) is 2. The van der Waals surface area contributed by atoms with Crippen LogP contribution in [-0.2, 0) is 0 Å². The molecule has 6 nitrogen and oxygen atoms in total. The van der Waals surface area contributed by atoms with Gasteiger partial charge in [-0.15, -0.1) is 0 Å². The standard InChI is InChI=1S/C14H20N2O4/c1-15-7-3-4-11(9-15)10-20-12-5-6-13(16(17)18)14(8-12)19-2/h5-6,8,11H,3-4,7,9-10H2,1-2H3. The molecule has 0 N–H and O–H groups in total. The first-order chi connectivity index (χ1) is 9.60. The highest BCUT2D eigenvalue weighted by molar-refractivity contribution is 5.50. The number of benzene rings is 1. The van der Waals surface area contributed by atoms with Crippen LogP contribution < -0.4 is 9.47 Å². The lowest BCUT2D eigenvalue weighted by molar-refractivity contribution is -0.385. The topological polar surface area (TPSA) is 64.8 Å². The molecule has 0 bridgehead atoms. The van der Waals surface area contributed by atoms with Crippen molar-refractivity contribution in [2.75, 3.05) is 33.9 Å². The van der Waals surface area contributed by atoms with E-state index < -0.39 is 4.92 Å². The van der Waals surface area contributed by atoms with Crippen LogP contribution in [0.1, 0.15) is 12.8 Å². The van der Waals surface area contributed by atoms with Gasteiger partial charge in [0.05, 0.1) is 18.6 Å². The third-order valence-corrected chi connectivity index (χ3v) is 3.56. The zero-order valence-corrected chi connectivity index (χ0v) is 11.9. The first-order valence-electron chi connectivity index (χ1n) is 6.74. The molecule has 6 heteroatoms. The maximum Gasteiger partial charge on any atom is 0.311 e. The second kappa shape index (κ2) is 6.56. The predicted octanol–water partition coefficient (Wildman–Crippen LogP) is 2.32. The summed E-state index contributed by atoms with van der Waals surface area (Å²) in [4.78, 5) is 12.7. The molecule has 110 valence electrons. The number of nitrogens with zero attached hydrogens (tertiary/aromatic N) is 2. The fourth-order valence-electron chi connectivity index (χ4n) is 2.52. The van der Waals surface area contributed by atoms with Crippen molar-refractivity contribution in [1.82, 2.24) is 4.90 Å². The van der Waals surface area contributed by atoms with Gasteiger partial charge in [0.15, 0.2) is 0 Å². The average molecular weight is 280 g/mol. The molecule has 1 saturated heterocycles. The van der Waals surface area contributed by atoms with Crippen LogP contribution in [-0.4, -0.2) is 43.7 Å². The molecule has 1 aliphatic rings. The van der Waals surface area contributed by atoms with Crippen molar-refractivity contribution >= 4 is 5.69 Å². The van der Waals surface area contributed by atoms with Crippen LogP contribution in [0.4, 0.5) is 5.69 Å². The van der Waals surface area contributed by atoms with E-state index in [-0.39, 0.29) is 11.4 Å². The van der Waals surface area contributed by atoms with Gasteiger partial charge in [0.25, 0.3) is 0 Å². The van der Waals surface area contributed by atoms with E-state index in [1.165, 1.54) is 19.6 Å². The Balaban J connectivity index is 1.97. The van der Waals surface area contributed by atoms with Crippen LogP contribution in [0.3, 0.4) is 0 Å². The lowest BCUT2D eigenvalue weighted by Crippen LogP contribution is -2.34. The number of piperidine rings is 1. The normalized spacial score (nSPS) is 19.6. The Hall–Kier alpha value is -1.82. The smallest absolute Gasteiger partial charge is 0.311 e. The molecule has 1 unspecified atom stereocenters. The minimum absolute atomic E-state index is 0.0442. The van der Waals surface area contributed by atoms with E-state index in [2.05, 4.69) is 11.9 Å². The van der Waals surface area contributed by atoms with E-state index in [1.807, 2.05) is 0 Å². The van der Waals surface area contributed by atoms with E-state index in [0.29, 0.717) is 18.3 Å². The fourth-order valence-corrected chi connectivity index (χ4v) is 2.52. The molecule has 0 aromatic heterocycles. The van der Waals surface area contributed by atoms with Gasteiger partial charge < -0.3 is 14.4 Å². The summed E-state index contributed by atoms with van der Waals surface area (Å²) in [6.07, 6.45) is 2.35. The van der Waals surface area contributed by atoms with E-state index >= 15 is 0 Å². The molecule has 1 fully saturated rings. The summed E-state index contributed by atoms with van der Waals surface area (Å²) in [5, 5.41) is 10.8. The van der Waals surface area contributed by atoms with E-state index in [0.717, 1.165) is 19.5 Å². The van der Waals surface area contributed by atoms with Crippen molar-refractivity contribution in [2.45, 2.75) is 12.8 Å². The molecular weight excluding hydrogens is 260 g/mol. The van der Waals surface area contributed by atoms with Gasteiger partial charge in [-0.25, -0.2) is 0 Å². The monoisotopic (exact) mass is 280 g/mol. The molecule has 0 amide bonds. The minimum atomic E-state index is -0.460. The maximum atomic E-state index is 10.8. The molecule has 1 aliphatic heterocycles. The molecule has 0 saturated carbocycles. The number of hydrogen-bond donors (Lipinski definition) is 0. The summed E-state index contributed by atoms with van der Waals surface area (Å²) in [7, 11) is 3.53. The number of rotatable bonds is 5. The van der Waals surface area contributed by atoms with Gasteiger partial charge in [-0.05, 0) is 32.5 Å². The van der Waals surface area contributed by atoms with Crippen molar-refractivity contribution in [3.63, 3.8) is 0 Å². The third-order valence-electron chi connectivity index (χ3n) is 3.56. The molecule has 0 spiro atoms. The Morgan fingerprint density at radius 2 is 2.30 bits per heavy atom. The third kappa shape index (κ3) is 3.60. The lowest BCUT2D eigenvalue weighted by atomic mass is 10.00. The van der Waals surface area contributed by atoms with E-state index in [9.17, 15) is 10.1 Å². The summed E-state index contributed by atoms with van der Waals surface area (Å²) >= 11 is 0. The van der Waals surface area contributed by atoms with Crippen molar-refractivity contribution < 1.29 is 14.4 Å². The van der Waals surface area contributed by atoms with Crippen molar-refractivity contribution in [3.05, 3.63) is 28.3 Å². The van der Waals surface area contributed by atoms with Crippen LogP contribution >= 0.6 is 0 Å². The Labute approximate surface area is 118 Å². The molecule has 1 aromatic carbocycles. The molecule has 0 radical (unpaired) electrons. The summed E-state index contributed by atoms with van der Waals surface area (Å²) in [5.74, 6) is 1.35. The minimum Gasteiger partial charge on any atom is -0.493 e. The summed E-state index contributed by atoms with van der Waals surface area (Å²) in [5.41, 5.74) is -0.0442. The Morgan fingerprint density at radius 3 is 2.95 bits per heavy atom. The van der Waals surface area contributed by atoms with Crippen LogP contribution in [0.25, 0.3) is 0 Å². The highest BCUT2D eigenvalue weighted by Crippen LogP contribution is 2.31. The molecule has 1 heterocycles. The van der Waals surface area contributed by atoms with Crippen LogP contribution in [0.2, 0.25) is 0 Å². The summed E-state index contributed by atoms with van der Waals surface area (Å²) in [6, 6.07) is 4.61. The number of nitro groups is 1. The van der Waals surface area contributed by atoms with Crippen molar-refractivity contribution in [1.29, 1.82) is 0 Å². The van der Waals surface area contributed by atoms with Crippen molar-refractivity contribution in [3.8, 4) is 11.5 Å². The average Bonchev–Trinajstić information content (AvgIpc) is 2.44. The Kier molecular flexibility index (Phi) is 4.79. The zero-order chi connectivity index (χ0) is 14.5. The Bertz CT molecular complexity index is 478. The quantitative estimate of drug-likeness (QED) is 0.611. The van der Waals surface area contributed by atoms with Gasteiger partial charge in [-0.1, -0.05) is 0 Å². The van der Waals surface area contributed by atoms with E-state index in [1.54, 1.807) is 12.1 Å². The molecule has 1 aromatic rings. The zero-order valence-electron chi connectivity index (χ0n) is 11.9. The maximum absolute atomic E-state index is 10.8. The summed E-state index contributed by atoms with van der Waals surface area (Å²) in [6.45, 7) is 2.80. The van der Waals surface area contributed by atoms with Gasteiger partial charge in [-0.3, -0.25) is 10.1 Å². The first kappa shape index (κ1) is 14.6. The largest absolute Gasteiger partial charge is 0.493 e. The number of methoxy groups -OCH3 is 1. The highest BCUT2D eigenvalue weighted by Gasteiger charge is 2.19. The van der Waals surface area contributed by atoms with E-state index in [4.69, 9.17) is 9.47 Å². The van der Waals surface area contributed by atoms with Crippen LogP contribution in [0.5, 0.6) is 11.5 Å². The van der Waals surface area contributed by atoms with Gasteiger partial charge in [0, 0.05) is 24.6 Å². The predicted molar refractivity (Wildman–Crippen MR) is 75.4 cm³/mol. The number of likely N-dealkylation sites (tertiary alicyclic amines) is 1. The Morgan fingerprint density at radius 1 is 1.50 bits per heavy atom. The molecular formula is C14H20N2O4. The van der Waals surface area contributed by atoms with Crippen LogP contribution in [0, 0.1) is 16.0 Å². The molecule has 0 aliphatic carbocycles. The van der Waals surface area contributed by atoms with Gasteiger partial charge >= 0.3 is 5.69 Å². The molecule has 2 rings (SSSR count). The van der Waals surface area contributed by atoms with Gasteiger partial charge in [0.1, 0.15) is 5.75 Å². The second-order valence-electron chi connectivity index (χ2n) is 5.17. The molecule has 20 heavy (non-hydrogen) atoms. The SMILES string of the molecule is COc1cc(OCC2CCCN(C)C2)ccc1[N+](=O)[O-]. The first-order valence-corrected chi connectivity index (χ1v) is 6.74. The van der Waals surface area contributed by atoms with Crippen molar-refractivity contribution in [2.24, 2.45) is 5.92 Å². The number of hydrogen-bond acceptors (Lipinski definition) is 5. The second-order valence-corrected chi connectivity index (χ2v) is 5.17. The summed E-state index contributed by atoms with van der Waals surface area (Å²) < 4.78 is 10.8. The van der Waals surface area contributed by atoms with Gasteiger partial charge in [-0.2, -0.15) is 0 Å². The van der Waals surface area contributed by atoms with Crippen LogP contribution in [0.15, 0.2) is 18.2 Å². The fraction of sp³-hybridized carbons (Fsp3) is 0.571. The highest BCUT2D eigenvalue weighted by atomic mass is 16.6.